The van der Waals surface area contributed by atoms with Crippen LogP contribution in [0.5, 0.6) is 5.75 Å². The van der Waals surface area contributed by atoms with Gasteiger partial charge in [-0.2, -0.15) is 0 Å². The molecule has 0 bridgehead atoms. The van der Waals surface area contributed by atoms with Crippen molar-refractivity contribution in [2.45, 2.75) is 25.4 Å². The number of likely N-dealkylation sites (N-methyl/N-ethyl adjacent to an activating group) is 1. The van der Waals surface area contributed by atoms with E-state index in [0.29, 0.717) is 18.9 Å². The highest BCUT2D eigenvalue weighted by molar-refractivity contribution is 5.88. The predicted molar refractivity (Wildman–Crippen MR) is 115 cm³/mol. The average Bonchev–Trinajstić information content (AvgIpc) is 3.26. The van der Waals surface area contributed by atoms with Crippen LogP contribution in [-0.2, 0) is 23.3 Å². The molecule has 3 heterocycles. The lowest BCUT2D eigenvalue weighted by Gasteiger charge is -2.38. The second-order valence-electron chi connectivity index (χ2n) is 7.83. The molecule has 2 aromatic heterocycles. The molecule has 30 heavy (non-hydrogen) atoms. The Morgan fingerprint density at radius 2 is 2.13 bits per heavy atom. The van der Waals surface area contributed by atoms with Crippen LogP contribution >= 0.6 is 0 Å². The molecule has 1 amide bonds. The van der Waals surface area contributed by atoms with Crippen LogP contribution < -0.4 is 15.4 Å². The number of amides is 1. The van der Waals surface area contributed by atoms with Gasteiger partial charge in [-0.3, -0.25) is 4.79 Å². The zero-order valence-electron chi connectivity index (χ0n) is 17.4. The molecule has 1 atom stereocenters. The minimum absolute atomic E-state index is 0.0715. The van der Waals surface area contributed by atoms with Crippen molar-refractivity contribution in [3.05, 3.63) is 71.8 Å². The maximum Gasteiger partial charge on any atom is 0.233 e. The number of ether oxygens (including phenoxy) is 1. The second-order valence-corrected chi connectivity index (χ2v) is 7.83. The Morgan fingerprint density at radius 3 is 2.90 bits per heavy atom. The van der Waals surface area contributed by atoms with Crippen LogP contribution in [0.2, 0.25) is 0 Å². The van der Waals surface area contributed by atoms with E-state index in [2.05, 4.69) is 15.5 Å². The maximum atomic E-state index is 13.2. The number of methoxy groups -OCH3 is 1. The maximum absolute atomic E-state index is 13.2. The van der Waals surface area contributed by atoms with E-state index in [4.69, 9.17) is 14.1 Å². The average molecular weight is 406 g/mol. The Labute approximate surface area is 176 Å². The molecule has 7 heteroatoms. The van der Waals surface area contributed by atoms with E-state index in [9.17, 15) is 4.79 Å². The third-order valence-electron chi connectivity index (χ3n) is 5.37. The predicted octanol–water partition coefficient (Wildman–Crippen LogP) is 3.45. The monoisotopic (exact) mass is 406 g/mol. The number of anilines is 2. The summed E-state index contributed by atoms with van der Waals surface area (Å²) in [5, 5.41) is 6.32. The summed E-state index contributed by atoms with van der Waals surface area (Å²) in [5.41, 5.74) is 1.95. The summed E-state index contributed by atoms with van der Waals surface area (Å²) in [7, 11) is 3.66. The van der Waals surface area contributed by atoms with Crippen molar-refractivity contribution in [1.29, 1.82) is 0 Å². The SMILES string of the molecule is COc1cccc(Nc2ccc3c(n2)C(C)(C(=O)NCc2ccco2)CN(C)C3)c1. The summed E-state index contributed by atoms with van der Waals surface area (Å²) < 4.78 is 10.6. The van der Waals surface area contributed by atoms with E-state index in [1.165, 1.54) is 0 Å². The Hall–Kier alpha value is -3.32. The first kappa shape index (κ1) is 20.0. The van der Waals surface area contributed by atoms with Crippen molar-refractivity contribution < 1.29 is 13.9 Å². The van der Waals surface area contributed by atoms with E-state index in [1.807, 2.05) is 62.5 Å². The van der Waals surface area contributed by atoms with Gasteiger partial charge < -0.3 is 24.7 Å². The van der Waals surface area contributed by atoms with Crippen molar-refractivity contribution in [3.8, 4) is 5.75 Å². The van der Waals surface area contributed by atoms with Crippen molar-refractivity contribution in [2.24, 2.45) is 0 Å². The van der Waals surface area contributed by atoms with Gasteiger partial charge in [-0.15, -0.1) is 0 Å². The Kier molecular flexibility index (Phi) is 5.46. The van der Waals surface area contributed by atoms with Gasteiger partial charge in [-0.05, 0) is 49.9 Å². The van der Waals surface area contributed by atoms with Crippen LogP contribution in [0.4, 0.5) is 11.5 Å². The van der Waals surface area contributed by atoms with Gasteiger partial charge in [-0.25, -0.2) is 4.98 Å². The largest absolute Gasteiger partial charge is 0.497 e. The lowest BCUT2D eigenvalue weighted by Crippen LogP contribution is -2.52. The molecule has 4 rings (SSSR count). The number of carbonyl (C=O) groups excluding carboxylic acids is 1. The topological polar surface area (TPSA) is 79.6 Å². The van der Waals surface area contributed by atoms with E-state index in [0.717, 1.165) is 35.0 Å². The molecule has 2 N–H and O–H groups in total. The lowest BCUT2D eigenvalue weighted by atomic mass is 9.79. The van der Waals surface area contributed by atoms with Crippen LogP contribution in [0.25, 0.3) is 0 Å². The first-order valence-corrected chi connectivity index (χ1v) is 9.88. The molecule has 1 aliphatic rings. The Morgan fingerprint density at radius 1 is 1.27 bits per heavy atom. The van der Waals surface area contributed by atoms with Crippen LogP contribution in [0, 0.1) is 0 Å². The molecule has 0 spiro atoms. The molecular formula is C23H26N4O3. The van der Waals surface area contributed by atoms with Gasteiger partial charge in [0.1, 0.15) is 22.7 Å². The minimum atomic E-state index is -0.777. The van der Waals surface area contributed by atoms with E-state index in [1.54, 1.807) is 13.4 Å². The second kappa shape index (κ2) is 8.20. The zero-order valence-corrected chi connectivity index (χ0v) is 17.4. The summed E-state index contributed by atoms with van der Waals surface area (Å²) in [6.07, 6.45) is 1.60. The number of aromatic nitrogens is 1. The number of carbonyl (C=O) groups is 1. The molecular weight excluding hydrogens is 380 g/mol. The summed E-state index contributed by atoms with van der Waals surface area (Å²) in [4.78, 5) is 20.2. The van der Waals surface area contributed by atoms with E-state index >= 15 is 0 Å². The van der Waals surface area contributed by atoms with Gasteiger partial charge in [0.05, 0.1) is 25.6 Å². The van der Waals surface area contributed by atoms with E-state index < -0.39 is 5.41 Å². The molecule has 1 aliphatic heterocycles. The van der Waals surface area contributed by atoms with Crippen LogP contribution in [0.15, 0.2) is 59.2 Å². The van der Waals surface area contributed by atoms with Gasteiger partial charge in [-0.1, -0.05) is 12.1 Å². The third kappa shape index (κ3) is 4.02. The number of nitrogens with zero attached hydrogens (tertiary/aromatic N) is 2. The molecule has 0 saturated heterocycles. The van der Waals surface area contributed by atoms with Crippen LogP contribution in [0.1, 0.15) is 23.9 Å². The van der Waals surface area contributed by atoms with Gasteiger partial charge in [0, 0.05) is 24.8 Å². The number of nitrogens with one attached hydrogen (secondary N) is 2. The number of benzene rings is 1. The molecule has 0 radical (unpaired) electrons. The normalized spacial score (nSPS) is 18.5. The standard InChI is InChI=1S/C23H26N4O3/c1-23(22(28)24-13-19-8-5-11-30-19)15-27(2)14-16-9-10-20(26-21(16)23)25-17-6-4-7-18(12-17)29-3/h4-12H,13-15H2,1-3H3,(H,24,28)(H,25,26). The number of fused-ring (bicyclic) bond motifs is 1. The molecule has 156 valence electrons. The Balaban J connectivity index is 1.61. The summed E-state index contributed by atoms with van der Waals surface area (Å²) in [6, 6.07) is 15.3. The van der Waals surface area contributed by atoms with Gasteiger partial charge in [0.2, 0.25) is 5.91 Å². The molecule has 1 unspecified atom stereocenters. The zero-order chi connectivity index (χ0) is 21.1. The third-order valence-corrected chi connectivity index (χ3v) is 5.37. The highest BCUT2D eigenvalue weighted by Crippen LogP contribution is 2.34. The number of furan rings is 1. The molecule has 0 saturated carbocycles. The van der Waals surface area contributed by atoms with Gasteiger partial charge >= 0.3 is 0 Å². The fourth-order valence-electron chi connectivity index (χ4n) is 3.93. The Bertz CT molecular complexity index is 1030. The van der Waals surface area contributed by atoms with Gasteiger partial charge in [0.15, 0.2) is 0 Å². The summed E-state index contributed by atoms with van der Waals surface area (Å²) in [5.74, 6) is 2.11. The molecule has 0 aliphatic carbocycles. The number of pyridine rings is 1. The molecule has 7 nitrogen and oxygen atoms in total. The van der Waals surface area contributed by atoms with Crippen LogP contribution in [0.3, 0.4) is 0 Å². The molecule has 3 aromatic rings. The highest BCUT2D eigenvalue weighted by Gasteiger charge is 2.42. The number of hydrogen-bond donors (Lipinski definition) is 2. The molecule has 0 fully saturated rings. The first-order chi connectivity index (χ1) is 14.5. The number of hydrogen-bond acceptors (Lipinski definition) is 6. The fraction of sp³-hybridized carbons (Fsp3) is 0.304. The summed E-state index contributed by atoms with van der Waals surface area (Å²) in [6.45, 7) is 3.63. The lowest BCUT2D eigenvalue weighted by molar-refractivity contribution is -0.127. The van der Waals surface area contributed by atoms with Crippen LogP contribution in [-0.4, -0.2) is 36.5 Å². The van der Waals surface area contributed by atoms with Crippen molar-refractivity contribution in [1.82, 2.24) is 15.2 Å². The van der Waals surface area contributed by atoms with E-state index in [-0.39, 0.29) is 5.91 Å². The first-order valence-electron chi connectivity index (χ1n) is 9.88. The van der Waals surface area contributed by atoms with Crippen molar-refractivity contribution >= 4 is 17.4 Å². The van der Waals surface area contributed by atoms with Crippen molar-refractivity contribution in [3.63, 3.8) is 0 Å². The minimum Gasteiger partial charge on any atom is -0.497 e. The van der Waals surface area contributed by atoms with Gasteiger partial charge in [0.25, 0.3) is 0 Å². The van der Waals surface area contributed by atoms with Crippen molar-refractivity contribution in [2.75, 3.05) is 26.0 Å². The fourth-order valence-corrected chi connectivity index (χ4v) is 3.93. The molecule has 1 aromatic carbocycles. The smallest absolute Gasteiger partial charge is 0.233 e. The summed E-state index contributed by atoms with van der Waals surface area (Å²) >= 11 is 0. The quantitative estimate of drug-likeness (QED) is 0.653. The number of rotatable bonds is 6. The highest BCUT2D eigenvalue weighted by atomic mass is 16.5.